The molecule has 0 bridgehead atoms. The van der Waals surface area contributed by atoms with Crippen molar-refractivity contribution in [3.05, 3.63) is 71.8 Å². The molecular weight excluding hydrogens is 359 g/mol. The second-order valence-electron chi connectivity index (χ2n) is 5.86. The van der Waals surface area contributed by atoms with E-state index < -0.39 is 5.79 Å². The molecule has 0 aliphatic heterocycles. The highest BCUT2D eigenvalue weighted by molar-refractivity contribution is 6.20. The summed E-state index contributed by atoms with van der Waals surface area (Å²) in [6, 6.07) is 18.1. The Kier molecular flexibility index (Phi) is 7.45. The fourth-order valence-corrected chi connectivity index (χ4v) is 2.50. The van der Waals surface area contributed by atoms with Gasteiger partial charge in [-0.15, -0.1) is 23.2 Å². The van der Waals surface area contributed by atoms with Gasteiger partial charge < -0.3 is 9.47 Å². The van der Waals surface area contributed by atoms with Gasteiger partial charge in [0, 0.05) is 11.1 Å². The topological polar surface area (TPSA) is 35.5 Å². The van der Waals surface area contributed by atoms with Gasteiger partial charge in [-0.3, -0.25) is 4.79 Å². The summed E-state index contributed by atoms with van der Waals surface area (Å²) in [6.07, 6.45) is 0. The maximum absolute atomic E-state index is 13.4. The summed E-state index contributed by atoms with van der Waals surface area (Å²) in [4.78, 5) is 13.4. The number of ketones is 1. The molecule has 0 saturated carbocycles. The van der Waals surface area contributed by atoms with Crippen LogP contribution in [0.4, 0.5) is 0 Å². The number of carbonyl (C=O) groups excluding carboxylic acids is 1. The predicted octanol–water partition coefficient (Wildman–Crippen LogP) is 5.01. The Bertz CT molecular complexity index is 645. The molecule has 5 heteroatoms. The van der Waals surface area contributed by atoms with E-state index in [1.54, 1.807) is 50.2 Å². The number of benzene rings is 2. The zero-order chi connectivity index (χ0) is 18.3. The third kappa shape index (κ3) is 5.29. The largest absolute Gasteiger partial charge is 0.338 e. The van der Waals surface area contributed by atoms with E-state index in [2.05, 4.69) is 0 Å². The second-order valence-corrected chi connectivity index (χ2v) is 7.35. The zero-order valence-electron chi connectivity index (χ0n) is 14.3. The second kappa shape index (κ2) is 9.35. The van der Waals surface area contributed by atoms with E-state index in [4.69, 9.17) is 32.7 Å². The molecule has 0 N–H and O–H groups in total. The Morgan fingerprint density at radius 1 is 0.880 bits per heavy atom. The van der Waals surface area contributed by atoms with E-state index in [1.807, 2.05) is 24.3 Å². The van der Waals surface area contributed by atoms with Crippen molar-refractivity contribution in [2.75, 3.05) is 13.2 Å². The molecule has 2 atom stereocenters. The quantitative estimate of drug-likeness (QED) is 0.348. The van der Waals surface area contributed by atoms with E-state index in [0.717, 1.165) is 0 Å². The van der Waals surface area contributed by atoms with Crippen LogP contribution in [-0.2, 0) is 15.3 Å². The van der Waals surface area contributed by atoms with Crippen LogP contribution in [0.1, 0.15) is 29.8 Å². The Morgan fingerprint density at radius 3 is 1.76 bits per heavy atom. The fourth-order valence-electron chi connectivity index (χ4n) is 2.37. The highest BCUT2D eigenvalue weighted by Gasteiger charge is 2.44. The summed E-state index contributed by atoms with van der Waals surface area (Å²) in [6.45, 7) is 3.92. The van der Waals surface area contributed by atoms with Crippen LogP contribution in [0.2, 0.25) is 0 Å². The molecule has 0 aromatic heterocycles. The molecule has 2 rings (SSSR count). The third-order valence-corrected chi connectivity index (χ3v) is 3.77. The summed E-state index contributed by atoms with van der Waals surface area (Å²) in [5, 5.41) is -0.549. The smallest absolute Gasteiger partial charge is 0.261 e. The van der Waals surface area contributed by atoms with Gasteiger partial charge in [0.05, 0.1) is 24.0 Å². The van der Waals surface area contributed by atoms with Crippen LogP contribution >= 0.6 is 23.2 Å². The van der Waals surface area contributed by atoms with Gasteiger partial charge in [0.2, 0.25) is 5.78 Å². The Morgan fingerprint density at radius 2 is 1.32 bits per heavy atom. The van der Waals surface area contributed by atoms with E-state index in [9.17, 15) is 4.79 Å². The first kappa shape index (κ1) is 19.9. The number of hydrogen-bond acceptors (Lipinski definition) is 3. The number of Topliss-reactive ketones (excluding diaryl/α,β-unsaturated/α-hetero) is 1. The van der Waals surface area contributed by atoms with Crippen LogP contribution < -0.4 is 0 Å². The van der Waals surface area contributed by atoms with Gasteiger partial charge in [-0.25, -0.2) is 0 Å². The summed E-state index contributed by atoms with van der Waals surface area (Å²) >= 11 is 12.1. The molecule has 3 nitrogen and oxygen atoms in total. The van der Waals surface area contributed by atoms with Crippen LogP contribution in [0.15, 0.2) is 60.7 Å². The minimum atomic E-state index is -1.59. The molecule has 0 aliphatic rings. The van der Waals surface area contributed by atoms with E-state index in [-0.39, 0.29) is 29.8 Å². The lowest BCUT2D eigenvalue weighted by atomic mass is 9.95. The lowest BCUT2D eigenvalue weighted by Gasteiger charge is -2.33. The van der Waals surface area contributed by atoms with Crippen LogP contribution in [0, 0.1) is 0 Å². The Balaban J connectivity index is 2.50. The first-order chi connectivity index (χ1) is 12.0. The Hall–Kier alpha value is -1.39. The molecule has 2 unspecified atom stereocenters. The van der Waals surface area contributed by atoms with Crippen molar-refractivity contribution in [3.8, 4) is 0 Å². The van der Waals surface area contributed by atoms with E-state index >= 15 is 0 Å². The van der Waals surface area contributed by atoms with Crippen molar-refractivity contribution in [1.82, 2.24) is 0 Å². The van der Waals surface area contributed by atoms with Gasteiger partial charge in [0.15, 0.2) is 0 Å². The van der Waals surface area contributed by atoms with Crippen molar-refractivity contribution >= 4 is 29.0 Å². The standard InChI is InChI=1S/C20H22Cl2O3/c1-15(21)13-24-20(25-14-16(2)22,18-11-7-4-8-12-18)19(23)17-9-5-3-6-10-17/h3-12,15-16H,13-14H2,1-2H3. The summed E-state index contributed by atoms with van der Waals surface area (Å²) in [5.41, 5.74) is 1.11. The number of ether oxygens (including phenoxy) is 2. The molecule has 0 amide bonds. The van der Waals surface area contributed by atoms with Crippen LogP contribution in [-0.4, -0.2) is 29.8 Å². The van der Waals surface area contributed by atoms with Crippen molar-refractivity contribution in [3.63, 3.8) is 0 Å². The van der Waals surface area contributed by atoms with Crippen molar-refractivity contribution < 1.29 is 14.3 Å². The molecule has 134 valence electrons. The number of alkyl halides is 2. The molecule has 0 spiro atoms. The maximum atomic E-state index is 13.4. The number of halogens is 2. The summed E-state index contributed by atoms with van der Waals surface area (Å²) in [7, 11) is 0. The lowest BCUT2D eigenvalue weighted by Crippen LogP contribution is -2.44. The highest BCUT2D eigenvalue weighted by atomic mass is 35.5. The molecular formula is C20H22Cl2O3. The summed E-state index contributed by atoms with van der Waals surface area (Å²) < 4.78 is 12.0. The van der Waals surface area contributed by atoms with E-state index in [0.29, 0.717) is 11.1 Å². The molecule has 0 saturated heterocycles. The SMILES string of the molecule is CC(Cl)COC(OCC(C)Cl)(C(=O)c1ccccc1)c1ccccc1. The normalized spacial score (nSPS) is 16.0. The third-order valence-electron chi connectivity index (χ3n) is 3.52. The monoisotopic (exact) mass is 380 g/mol. The summed E-state index contributed by atoms with van der Waals surface area (Å²) in [5.74, 6) is -1.87. The van der Waals surface area contributed by atoms with Crippen LogP contribution in [0.5, 0.6) is 0 Å². The Labute approximate surface area is 158 Å². The van der Waals surface area contributed by atoms with Gasteiger partial charge in [-0.2, -0.15) is 0 Å². The molecule has 2 aromatic rings. The zero-order valence-corrected chi connectivity index (χ0v) is 15.8. The van der Waals surface area contributed by atoms with Crippen LogP contribution in [0.25, 0.3) is 0 Å². The molecule has 0 fully saturated rings. The van der Waals surface area contributed by atoms with Crippen molar-refractivity contribution in [1.29, 1.82) is 0 Å². The van der Waals surface area contributed by atoms with Gasteiger partial charge in [0.25, 0.3) is 5.79 Å². The minimum absolute atomic E-state index is 0.158. The van der Waals surface area contributed by atoms with Crippen molar-refractivity contribution in [2.24, 2.45) is 0 Å². The molecule has 25 heavy (non-hydrogen) atoms. The van der Waals surface area contributed by atoms with Crippen LogP contribution in [0.3, 0.4) is 0 Å². The van der Waals surface area contributed by atoms with Gasteiger partial charge in [-0.1, -0.05) is 60.7 Å². The van der Waals surface area contributed by atoms with E-state index in [1.165, 1.54) is 0 Å². The molecule has 2 aromatic carbocycles. The number of carbonyl (C=O) groups is 1. The minimum Gasteiger partial charge on any atom is -0.338 e. The van der Waals surface area contributed by atoms with Gasteiger partial charge >= 0.3 is 0 Å². The number of rotatable bonds is 9. The highest BCUT2D eigenvalue weighted by Crippen LogP contribution is 2.33. The van der Waals surface area contributed by atoms with Crippen molar-refractivity contribution in [2.45, 2.75) is 30.4 Å². The fraction of sp³-hybridized carbons (Fsp3) is 0.350. The predicted molar refractivity (Wildman–Crippen MR) is 101 cm³/mol. The number of hydrogen-bond donors (Lipinski definition) is 0. The van der Waals surface area contributed by atoms with Gasteiger partial charge in [-0.05, 0) is 13.8 Å². The molecule has 0 aliphatic carbocycles. The lowest BCUT2D eigenvalue weighted by molar-refractivity contribution is -0.208. The first-order valence-corrected chi connectivity index (χ1v) is 9.04. The average molecular weight is 381 g/mol. The molecule has 0 heterocycles. The average Bonchev–Trinajstić information content (AvgIpc) is 2.63. The van der Waals surface area contributed by atoms with Gasteiger partial charge in [0.1, 0.15) is 0 Å². The molecule has 0 radical (unpaired) electrons. The maximum Gasteiger partial charge on any atom is 0.261 e. The first-order valence-electron chi connectivity index (χ1n) is 8.17.